The second-order valence-corrected chi connectivity index (χ2v) is 4.56. The predicted molar refractivity (Wildman–Crippen MR) is 72.8 cm³/mol. The zero-order valence-corrected chi connectivity index (χ0v) is 10.7. The van der Waals surface area contributed by atoms with Crippen molar-refractivity contribution in [1.29, 1.82) is 0 Å². The Morgan fingerprint density at radius 1 is 0.944 bits per heavy atom. The van der Waals surface area contributed by atoms with E-state index in [0.717, 1.165) is 16.9 Å². The van der Waals surface area contributed by atoms with E-state index >= 15 is 0 Å². The Kier molecular flexibility index (Phi) is 4.62. The number of alkyl halides is 1. The topological polar surface area (TPSA) is 29.5 Å². The minimum atomic E-state index is -0.832. The molecular formula is C15H15ClO2. The number of hydrogen-bond donors (Lipinski definition) is 1. The molecule has 0 saturated heterocycles. The minimum Gasteiger partial charge on any atom is -0.489 e. The summed E-state index contributed by atoms with van der Waals surface area (Å²) in [7, 11) is 0. The van der Waals surface area contributed by atoms with E-state index in [1.807, 2.05) is 54.6 Å². The molecule has 0 fully saturated rings. The number of halogens is 1. The van der Waals surface area contributed by atoms with Crippen LogP contribution in [0.15, 0.2) is 54.6 Å². The van der Waals surface area contributed by atoms with Crippen molar-refractivity contribution < 1.29 is 9.84 Å². The van der Waals surface area contributed by atoms with Crippen LogP contribution >= 0.6 is 11.6 Å². The molecule has 1 atom stereocenters. The summed E-state index contributed by atoms with van der Waals surface area (Å²) in [4.78, 5) is 0. The number of aliphatic hydroxyl groups excluding tert-OH is 1. The van der Waals surface area contributed by atoms with Crippen molar-refractivity contribution >= 4 is 11.6 Å². The zero-order valence-electron chi connectivity index (χ0n) is 9.92. The second kappa shape index (κ2) is 6.43. The highest BCUT2D eigenvalue weighted by Gasteiger charge is 2.01. The first-order valence-corrected chi connectivity index (χ1v) is 6.25. The van der Waals surface area contributed by atoms with Crippen LogP contribution in [0, 0.1) is 0 Å². The van der Waals surface area contributed by atoms with Gasteiger partial charge in [0.15, 0.2) is 0 Å². The molecule has 18 heavy (non-hydrogen) atoms. The van der Waals surface area contributed by atoms with Crippen LogP contribution in [0.2, 0.25) is 0 Å². The van der Waals surface area contributed by atoms with E-state index in [-0.39, 0.29) is 0 Å². The number of ether oxygens (including phenoxy) is 1. The summed E-state index contributed by atoms with van der Waals surface area (Å²) in [5.74, 6) is 0.812. The van der Waals surface area contributed by atoms with Gasteiger partial charge in [-0.25, -0.2) is 0 Å². The Balaban J connectivity index is 1.90. The number of hydrogen-bond acceptors (Lipinski definition) is 2. The third kappa shape index (κ3) is 4.06. The average molecular weight is 263 g/mol. The summed E-state index contributed by atoms with van der Waals surface area (Å²) in [6.45, 7) is 0.554. The first-order valence-electron chi connectivity index (χ1n) is 5.82. The quantitative estimate of drug-likeness (QED) is 0.838. The molecule has 0 aliphatic heterocycles. The molecule has 0 saturated carbocycles. The number of aliphatic hydroxyl groups is 1. The Bertz CT molecular complexity index is 466. The summed E-state index contributed by atoms with van der Waals surface area (Å²) < 4.78 is 5.66. The fourth-order valence-electron chi connectivity index (χ4n) is 1.66. The van der Waals surface area contributed by atoms with Crippen LogP contribution in [0.1, 0.15) is 11.1 Å². The molecule has 0 radical (unpaired) electrons. The molecule has 2 nitrogen and oxygen atoms in total. The van der Waals surface area contributed by atoms with Crippen molar-refractivity contribution in [2.75, 3.05) is 0 Å². The van der Waals surface area contributed by atoms with Crippen molar-refractivity contribution in [2.24, 2.45) is 0 Å². The summed E-state index contributed by atoms with van der Waals surface area (Å²) in [6.07, 6.45) is 0.445. The van der Waals surface area contributed by atoms with Crippen molar-refractivity contribution in [3.05, 3.63) is 65.7 Å². The van der Waals surface area contributed by atoms with Gasteiger partial charge in [0.2, 0.25) is 0 Å². The summed E-state index contributed by atoms with van der Waals surface area (Å²) in [5.41, 5.74) is 1.29. The molecule has 0 amide bonds. The third-order valence-corrected chi connectivity index (χ3v) is 2.73. The molecular weight excluding hydrogens is 248 g/mol. The van der Waals surface area contributed by atoms with Crippen LogP contribution in [0.5, 0.6) is 5.75 Å². The first-order chi connectivity index (χ1) is 8.74. The van der Waals surface area contributed by atoms with Gasteiger partial charge in [-0.15, -0.1) is 0 Å². The van der Waals surface area contributed by atoms with E-state index in [4.69, 9.17) is 21.4 Å². The van der Waals surface area contributed by atoms with Crippen molar-refractivity contribution in [3.8, 4) is 5.75 Å². The molecule has 1 N–H and O–H groups in total. The summed E-state index contributed by atoms with van der Waals surface area (Å²) >= 11 is 5.52. The Labute approximate surface area is 112 Å². The van der Waals surface area contributed by atoms with Crippen molar-refractivity contribution in [1.82, 2.24) is 0 Å². The molecule has 94 valence electrons. The monoisotopic (exact) mass is 262 g/mol. The van der Waals surface area contributed by atoms with Crippen LogP contribution in [0.3, 0.4) is 0 Å². The molecule has 0 aromatic heterocycles. The fourth-order valence-corrected chi connectivity index (χ4v) is 1.84. The molecule has 2 rings (SSSR count). The van der Waals surface area contributed by atoms with Crippen LogP contribution in [-0.2, 0) is 13.0 Å². The van der Waals surface area contributed by atoms with Gasteiger partial charge >= 0.3 is 0 Å². The smallest absolute Gasteiger partial charge is 0.132 e. The third-order valence-electron chi connectivity index (χ3n) is 2.58. The van der Waals surface area contributed by atoms with E-state index in [1.54, 1.807) is 0 Å². The molecule has 0 spiro atoms. The summed E-state index contributed by atoms with van der Waals surface area (Å²) in [5, 5.41) is 9.06. The van der Waals surface area contributed by atoms with E-state index < -0.39 is 5.56 Å². The maximum Gasteiger partial charge on any atom is 0.132 e. The van der Waals surface area contributed by atoms with Gasteiger partial charge in [0.1, 0.15) is 17.9 Å². The lowest BCUT2D eigenvalue weighted by Gasteiger charge is -2.07. The van der Waals surface area contributed by atoms with Crippen molar-refractivity contribution in [3.63, 3.8) is 0 Å². The largest absolute Gasteiger partial charge is 0.489 e. The fraction of sp³-hybridized carbons (Fsp3) is 0.200. The van der Waals surface area contributed by atoms with E-state index in [2.05, 4.69) is 0 Å². The average Bonchev–Trinajstić information content (AvgIpc) is 2.38. The lowest BCUT2D eigenvalue weighted by molar-refractivity contribution is 0.257. The molecule has 0 aliphatic rings. The van der Waals surface area contributed by atoms with Gasteiger partial charge in [-0.05, 0) is 23.3 Å². The van der Waals surface area contributed by atoms with Gasteiger partial charge in [0.25, 0.3) is 0 Å². The lowest BCUT2D eigenvalue weighted by Crippen LogP contribution is -2.01. The van der Waals surface area contributed by atoms with Gasteiger partial charge in [0, 0.05) is 6.42 Å². The van der Waals surface area contributed by atoms with Crippen LogP contribution < -0.4 is 4.74 Å². The van der Waals surface area contributed by atoms with Gasteiger partial charge in [-0.3, -0.25) is 0 Å². The lowest BCUT2D eigenvalue weighted by atomic mass is 10.1. The van der Waals surface area contributed by atoms with E-state index in [9.17, 15) is 0 Å². The highest BCUT2D eigenvalue weighted by molar-refractivity contribution is 6.19. The zero-order chi connectivity index (χ0) is 12.8. The maximum atomic E-state index is 9.06. The Morgan fingerprint density at radius 3 is 2.22 bits per heavy atom. The van der Waals surface area contributed by atoms with E-state index in [1.165, 1.54) is 0 Å². The van der Waals surface area contributed by atoms with Crippen LogP contribution in [-0.4, -0.2) is 10.7 Å². The molecule has 0 aliphatic carbocycles. The normalized spacial score (nSPS) is 12.1. The standard InChI is InChI=1S/C15H15ClO2/c16-15(17)10-12-6-8-14(9-7-12)18-11-13-4-2-1-3-5-13/h1-9,15,17H,10-11H2. The highest BCUT2D eigenvalue weighted by atomic mass is 35.5. The minimum absolute atomic E-state index is 0.445. The second-order valence-electron chi connectivity index (χ2n) is 4.06. The van der Waals surface area contributed by atoms with Crippen LogP contribution in [0.25, 0.3) is 0 Å². The van der Waals surface area contributed by atoms with E-state index in [0.29, 0.717) is 13.0 Å². The molecule has 1 unspecified atom stereocenters. The van der Waals surface area contributed by atoms with Gasteiger partial charge < -0.3 is 9.84 Å². The maximum absolute atomic E-state index is 9.06. The number of rotatable bonds is 5. The molecule has 0 heterocycles. The summed E-state index contributed by atoms with van der Waals surface area (Å²) in [6, 6.07) is 17.6. The van der Waals surface area contributed by atoms with Gasteiger partial charge in [0.05, 0.1) is 0 Å². The molecule has 2 aromatic rings. The van der Waals surface area contributed by atoms with Crippen molar-refractivity contribution in [2.45, 2.75) is 18.6 Å². The molecule has 2 aromatic carbocycles. The molecule has 3 heteroatoms. The number of benzene rings is 2. The van der Waals surface area contributed by atoms with Gasteiger partial charge in [-0.2, -0.15) is 0 Å². The SMILES string of the molecule is OC(Cl)Cc1ccc(OCc2ccccc2)cc1. The highest BCUT2D eigenvalue weighted by Crippen LogP contribution is 2.15. The Hall–Kier alpha value is -1.51. The van der Waals surface area contributed by atoms with Gasteiger partial charge in [-0.1, -0.05) is 54.1 Å². The Morgan fingerprint density at radius 2 is 1.61 bits per heavy atom. The molecule has 0 bridgehead atoms. The predicted octanol–water partition coefficient (Wildman–Crippen LogP) is 3.37. The first kappa shape index (κ1) is 12.9. The van der Waals surface area contributed by atoms with Crippen LogP contribution in [0.4, 0.5) is 0 Å².